The highest BCUT2D eigenvalue weighted by atomic mass is 16.4. The van der Waals surface area contributed by atoms with Gasteiger partial charge in [0.25, 0.3) is 5.91 Å². The van der Waals surface area contributed by atoms with Crippen LogP contribution in [0.5, 0.6) is 0 Å². The first kappa shape index (κ1) is 14.0. The fraction of sp³-hybridized carbons (Fsp3) is 0.353. The molecule has 0 atom stereocenters. The molecular formula is C17H17N3O3. The molecule has 1 aliphatic heterocycles. The number of rotatable bonds is 4. The molecule has 2 aromatic rings. The van der Waals surface area contributed by atoms with E-state index >= 15 is 0 Å². The van der Waals surface area contributed by atoms with Crippen molar-refractivity contribution in [1.29, 1.82) is 0 Å². The summed E-state index contributed by atoms with van der Waals surface area (Å²) in [6, 6.07) is 9.61. The van der Waals surface area contributed by atoms with E-state index in [9.17, 15) is 9.59 Å². The van der Waals surface area contributed by atoms with Gasteiger partial charge in [0.15, 0.2) is 0 Å². The summed E-state index contributed by atoms with van der Waals surface area (Å²) in [6.45, 7) is 2.16. The number of urea groups is 1. The number of aryl methyl sites for hydroxylation is 1. The lowest BCUT2D eigenvalue weighted by molar-refractivity contribution is -0.125. The van der Waals surface area contributed by atoms with Crippen LogP contribution < -0.4 is 0 Å². The van der Waals surface area contributed by atoms with E-state index in [1.807, 2.05) is 30.3 Å². The Morgan fingerprint density at radius 3 is 2.65 bits per heavy atom. The van der Waals surface area contributed by atoms with Gasteiger partial charge in [0.1, 0.15) is 18.0 Å². The molecule has 1 aliphatic carbocycles. The largest absolute Gasteiger partial charge is 0.441 e. The highest BCUT2D eigenvalue weighted by Gasteiger charge is 2.44. The first-order valence-electron chi connectivity index (χ1n) is 7.76. The number of hydrogen-bond acceptors (Lipinski definition) is 4. The van der Waals surface area contributed by atoms with Crippen molar-refractivity contribution >= 4 is 11.9 Å². The van der Waals surface area contributed by atoms with Gasteiger partial charge in [-0.1, -0.05) is 18.2 Å². The molecule has 6 heteroatoms. The van der Waals surface area contributed by atoms with Crippen LogP contribution in [0.4, 0.5) is 4.79 Å². The highest BCUT2D eigenvalue weighted by molar-refractivity contribution is 6.02. The standard InChI is InChI=1S/C17H17N3O3/c1-11-14(18-16(23-11)12-5-3-2-4-6-12)9-20-15(21)10-19(17(20)22)13-7-8-13/h2-6,13H,7-10H2,1H3. The minimum atomic E-state index is -0.207. The van der Waals surface area contributed by atoms with Crippen molar-refractivity contribution in [1.82, 2.24) is 14.8 Å². The number of oxazole rings is 1. The lowest BCUT2D eigenvalue weighted by Gasteiger charge is -2.15. The molecule has 0 radical (unpaired) electrons. The highest BCUT2D eigenvalue weighted by Crippen LogP contribution is 2.31. The van der Waals surface area contributed by atoms with Crippen molar-refractivity contribution in [3.8, 4) is 11.5 Å². The number of nitrogens with zero attached hydrogens (tertiary/aromatic N) is 3. The molecule has 0 unspecified atom stereocenters. The normalized spacial score (nSPS) is 18.1. The van der Waals surface area contributed by atoms with Crippen LogP contribution in [-0.2, 0) is 11.3 Å². The quantitative estimate of drug-likeness (QED) is 0.814. The Balaban J connectivity index is 1.56. The predicted octanol–water partition coefficient (Wildman–Crippen LogP) is 2.58. The van der Waals surface area contributed by atoms with Crippen molar-refractivity contribution in [2.75, 3.05) is 6.54 Å². The number of amides is 3. The molecule has 23 heavy (non-hydrogen) atoms. The summed E-state index contributed by atoms with van der Waals surface area (Å²) >= 11 is 0. The summed E-state index contributed by atoms with van der Waals surface area (Å²) in [5.41, 5.74) is 1.50. The topological polar surface area (TPSA) is 66.7 Å². The monoisotopic (exact) mass is 311 g/mol. The molecule has 0 spiro atoms. The van der Waals surface area contributed by atoms with Crippen molar-refractivity contribution in [2.24, 2.45) is 0 Å². The second-order valence-corrected chi connectivity index (χ2v) is 6.01. The maximum atomic E-state index is 12.4. The minimum Gasteiger partial charge on any atom is -0.441 e. The molecule has 4 rings (SSSR count). The first-order chi connectivity index (χ1) is 11.1. The average molecular weight is 311 g/mol. The molecule has 1 aromatic carbocycles. The zero-order chi connectivity index (χ0) is 16.0. The van der Waals surface area contributed by atoms with Crippen LogP contribution in [0.15, 0.2) is 34.7 Å². The smallest absolute Gasteiger partial charge is 0.327 e. The summed E-state index contributed by atoms with van der Waals surface area (Å²) in [5, 5.41) is 0. The van der Waals surface area contributed by atoms with Gasteiger partial charge in [-0.25, -0.2) is 9.78 Å². The van der Waals surface area contributed by atoms with Gasteiger partial charge in [0.2, 0.25) is 5.89 Å². The van der Waals surface area contributed by atoms with Gasteiger partial charge < -0.3 is 9.32 Å². The number of hydrogen-bond donors (Lipinski definition) is 0. The third-order valence-electron chi connectivity index (χ3n) is 4.29. The third-order valence-corrected chi connectivity index (χ3v) is 4.29. The van der Waals surface area contributed by atoms with Crippen molar-refractivity contribution in [3.05, 3.63) is 41.8 Å². The van der Waals surface area contributed by atoms with Gasteiger partial charge in [0, 0.05) is 11.6 Å². The summed E-state index contributed by atoms with van der Waals surface area (Å²) in [5.74, 6) is 0.983. The summed E-state index contributed by atoms with van der Waals surface area (Å²) in [7, 11) is 0. The van der Waals surface area contributed by atoms with E-state index in [4.69, 9.17) is 4.42 Å². The number of aromatic nitrogens is 1. The molecule has 0 N–H and O–H groups in total. The van der Waals surface area contributed by atoms with E-state index in [1.54, 1.807) is 11.8 Å². The Labute approximate surface area is 133 Å². The molecular weight excluding hydrogens is 294 g/mol. The lowest BCUT2D eigenvalue weighted by Crippen LogP contribution is -2.33. The van der Waals surface area contributed by atoms with Gasteiger partial charge >= 0.3 is 6.03 Å². The molecule has 2 heterocycles. The zero-order valence-corrected chi connectivity index (χ0v) is 12.9. The SMILES string of the molecule is Cc1oc(-c2ccccc2)nc1CN1C(=O)CN(C2CC2)C1=O. The summed E-state index contributed by atoms with van der Waals surface area (Å²) in [6.07, 6.45) is 1.99. The maximum Gasteiger partial charge on any atom is 0.327 e. The Kier molecular flexibility index (Phi) is 3.18. The molecule has 118 valence electrons. The Hall–Kier alpha value is -2.63. The maximum absolute atomic E-state index is 12.4. The van der Waals surface area contributed by atoms with Crippen molar-refractivity contribution in [3.63, 3.8) is 0 Å². The Bertz CT molecular complexity index is 765. The Morgan fingerprint density at radius 2 is 1.96 bits per heavy atom. The molecule has 2 aliphatic rings. The van der Waals surface area contributed by atoms with Crippen molar-refractivity contribution in [2.45, 2.75) is 32.4 Å². The average Bonchev–Trinajstić information content (AvgIpc) is 3.28. The molecule has 1 saturated carbocycles. The second kappa shape index (κ2) is 5.22. The van der Waals surface area contributed by atoms with Gasteiger partial charge in [-0.2, -0.15) is 0 Å². The van der Waals surface area contributed by atoms with Gasteiger partial charge in [0.05, 0.1) is 6.54 Å². The van der Waals surface area contributed by atoms with Crippen molar-refractivity contribution < 1.29 is 14.0 Å². The van der Waals surface area contributed by atoms with Crippen LogP contribution in [0, 0.1) is 6.92 Å². The fourth-order valence-corrected chi connectivity index (χ4v) is 2.82. The van der Waals surface area contributed by atoms with E-state index < -0.39 is 0 Å². The number of benzene rings is 1. The number of carbonyl (C=O) groups is 2. The molecule has 1 aromatic heterocycles. The molecule has 2 fully saturated rings. The summed E-state index contributed by atoms with van der Waals surface area (Å²) in [4.78, 5) is 31.9. The predicted molar refractivity (Wildman–Crippen MR) is 82.4 cm³/mol. The number of imide groups is 1. The van der Waals surface area contributed by atoms with Gasteiger partial charge in [-0.3, -0.25) is 9.69 Å². The first-order valence-corrected chi connectivity index (χ1v) is 7.76. The zero-order valence-electron chi connectivity index (χ0n) is 12.9. The van der Waals surface area contributed by atoms with Crippen LogP contribution in [0.3, 0.4) is 0 Å². The van der Waals surface area contributed by atoms with Crippen LogP contribution in [0.25, 0.3) is 11.5 Å². The van der Waals surface area contributed by atoms with E-state index in [2.05, 4.69) is 4.98 Å². The van der Waals surface area contributed by atoms with Crippen LogP contribution in [0.2, 0.25) is 0 Å². The van der Waals surface area contributed by atoms with Crippen LogP contribution >= 0.6 is 0 Å². The van der Waals surface area contributed by atoms with Gasteiger partial charge in [-0.15, -0.1) is 0 Å². The minimum absolute atomic E-state index is 0.162. The lowest BCUT2D eigenvalue weighted by atomic mass is 10.2. The fourth-order valence-electron chi connectivity index (χ4n) is 2.82. The molecule has 0 bridgehead atoms. The second-order valence-electron chi connectivity index (χ2n) is 6.01. The van der Waals surface area contributed by atoms with E-state index in [0.29, 0.717) is 17.3 Å². The van der Waals surface area contributed by atoms with E-state index in [-0.39, 0.29) is 31.1 Å². The van der Waals surface area contributed by atoms with Gasteiger partial charge in [-0.05, 0) is 31.9 Å². The van der Waals surface area contributed by atoms with E-state index in [0.717, 1.165) is 18.4 Å². The molecule has 3 amide bonds. The third kappa shape index (κ3) is 2.50. The van der Waals surface area contributed by atoms with E-state index in [1.165, 1.54) is 4.90 Å². The van der Waals surface area contributed by atoms with Crippen LogP contribution in [0.1, 0.15) is 24.3 Å². The Morgan fingerprint density at radius 1 is 1.22 bits per heavy atom. The number of carbonyl (C=O) groups excluding carboxylic acids is 2. The molecule has 6 nitrogen and oxygen atoms in total. The van der Waals surface area contributed by atoms with Crippen LogP contribution in [-0.4, -0.2) is 39.3 Å². The summed E-state index contributed by atoms with van der Waals surface area (Å²) < 4.78 is 5.69. The molecule has 1 saturated heterocycles.